The van der Waals surface area contributed by atoms with Crippen molar-refractivity contribution in [3.63, 3.8) is 0 Å². The Morgan fingerprint density at radius 3 is 2.34 bits per heavy atom. The molecule has 0 atom stereocenters. The number of likely N-dealkylation sites (tertiary alicyclic amines) is 1. The molecule has 6 heteroatoms. The molecule has 2 aromatic rings. The van der Waals surface area contributed by atoms with Crippen molar-refractivity contribution in [3.05, 3.63) is 71.0 Å². The second kappa shape index (κ2) is 8.19. The molecule has 0 bridgehead atoms. The predicted octanol–water partition coefficient (Wildman–Crippen LogP) is 4.21. The molecule has 4 rings (SSSR count). The number of piperidine rings is 1. The Morgan fingerprint density at radius 1 is 1.00 bits per heavy atom. The lowest BCUT2D eigenvalue weighted by atomic mass is 9.99. The number of nitrogens with zero attached hydrogens (tertiary/aromatic N) is 2. The van der Waals surface area contributed by atoms with Gasteiger partial charge in [-0.1, -0.05) is 31.2 Å². The second-order valence-corrected chi connectivity index (χ2v) is 9.03. The molecule has 0 aromatic heterocycles. The molecule has 0 N–H and O–H groups in total. The summed E-state index contributed by atoms with van der Waals surface area (Å²) in [4.78, 5) is 29.3. The highest BCUT2D eigenvalue weighted by molar-refractivity contribution is 8.00. The normalized spacial score (nSPS) is 18.3. The van der Waals surface area contributed by atoms with Crippen LogP contribution in [-0.4, -0.2) is 51.9 Å². The average molecular weight is 413 g/mol. The van der Waals surface area contributed by atoms with Crippen LogP contribution in [0.15, 0.2) is 48.5 Å². The van der Waals surface area contributed by atoms with Gasteiger partial charge in [-0.2, -0.15) is 0 Å². The van der Waals surface area contributed by atoms with Crippen molar-refractivity contribution >= 4 is 23.6 Å². The number of halogens is 1. The Hall–Kier alpha value is -2.34. The first-order chi connectivity index (χ1) is 14.0. The molecule has 2 aliphatic heterocycles. The van der Waals surface area contributed by atoms with E-state index in [1.165, 1.54) is 11.6 Å². The lowest BCUT2D eigenvalue weighted by molar-refractivity contribution is 0.0495. The fourth-order valence-corrected chi connectivity index (χ4v) is 5.67. The highest BCUT2D eigenvalue weighted by Gasteiger charge is 2.47. The lowest BCUT2D eigenvalue weighted by Crippen LogP contribution is -2.53. The van der Waals surface area contributed by atoms with E-state index in [9.17, 15) is 14.0 Å². The zero-order valence-corrected chi connectivity index (χ0v) is 17.4. The number of benzene rings is 2. The van der Waals surface area contributed by atoms with E-state index in [-0.39, 0.29) is 22.2 Å². The summed E-state index contributed by atoms with van der Waals surface area (Å²) < 4.78 is 14.2. The van der Waals surface area contributed by atoms with Gasteiger partial charge in [0.25, 0.3) is 11.8 Å². The predicted molar refractivity (Wildman–Crippen MR) is 114 cm³/mol. The third-order valence-corrected chi connectivity index (χ3v) is 7.52. The fraction of sp³-hybridized carbons (Fsp3) is 0.391. The Labute approximate surface area is 175 Å². The zero-order chi connectivity index (χ0) is 20.4. The van der Waals surface area contributed by atoms with Gasteiger partial charge < -0.3 is 9.80 Å². The fourth-order valence-electron chi connectivity index (χ4n) is 4.21. The van der Waals surface area contributed by atoms with E-state index < -0.39 is 5.82 Å². The van der Waals surface area contributed by atoms with Crippen molar-refractivity contribution in [2.75, 3.05) is 25.4 Å². The van der Waals surface area contributed by atoms with E-state index in [1.54, 1.807) is 30.0 Å². The van der Waals surface area contributed by atoms with E-state index in [2.05, 4.69) is 6.92 Å². The van der Waals surface area contributed by atoms with Gasteiger partial charge in [0.05, 0.1) is 10.4 Å². The van der Waals surface area contributed by atoms with Crippen molar-refractivity contribution in [3.8, 4) is 0 Å². The Kier molecular flexibility index (Phi) is 5.63. The van der Waals surface area contributed by atoms with Crippen molar-refractivity contribution in [1.29, 1.82) is 0 Å². The Balaban J connectivity index is 1.46. The smallest absolute Gasteiger partial charge is 0.257 e. The van der Waals surface area contributed by atoms with Crippen LogP contribution in [-0.2, 0) is 6.42 Å². The van der Waals surface area contributed by atoms with Crippen LogP contribution in [0.2, 0.25) is 0 Å². The van der Waals surface area contributed by atoms with Gasteiger partial charge >= 0.3 is 0 Å². The number of carbonyl (C=O) groups is 2. The molecule has 0 radical (unpaired) electrons. The number of hydrogen-bond acceptors (Lipinski definition) is 3. The minimum atomic E-state index is -0.479. The summed E-state index contributed by atoms with van der Waals surface area (Å²) in [7, 11) is 0. The summed E-state index contributed by atoms with van der Waals surface area (Å²) in [5.74, 6) is 0.153. The van der Waals surface area contributed by atoms with Crippen molar-refractivity contribution in [2.45, 2.75) is 31.1 Å². The summed E-state index contributed by atoms with van der Waals surface area (Å²) >= 11 is 1.76. The van der Waals surface area contributed by atoms with E-state index in [0.29, 0.717) is 38.0 Å². The second-order valence-electron chi connectivity index (χ2n) is 7.57. The van der Waals surface area contributed by atoms with Crippen LogP contribution >= 0.6 is 11.8 Å². The first-order valence-electron chi connectivity index (χ1n) is 10.1. The average Bonchev–Trinajstić information content (AvgIpc) is 3.16. The highest BCUT2D eigenvalue weighted by Crippen LogP contribution is 2.44. The molecule has 4 nitrogen and oxygen atoms in total. The van der Waals surface area contributed by atoms with Crippen molar-refractivity contribution < 1.29 is 14.0 Å². The zero-order valence-electron chi connectivity index (χ0n) is 16.6. The summed E-state index contributed by atoms with van der Waals surface area (Å²) in [6.07, 6.45) is 2.36. The molecule has 2 aromatic carbocycles. The van der Waals surface area contributed by atoms with Crippen LogP contribution in [0.25, 0.3) is 0 Å². The molecule has 2 saturated heterocycles. The maximum absolute atomic E-state index is 14.2. The summed E-state index contributed by atoms with van der Waals surface area (Å²) in [6, 6.07) is 13.9. The largest absolute Gasteiger partial charge is 0.338 e. The minimum absolute atomic E-state index is 0.0393. The van der Waals surface area contributed by atoms with E-state index >= 15 is 0 Å². The van der Waals surface area contributed by atoms with Crippen LogP contribution in [0.1, 0.15) is 46.0 Å². The maximum Gasteiger partial charge on any atom is 0.257 e. The number of rotatable bonds is 3. The minimum Gasteiger partial charge on any atom is -0.338 e. The first kappa shape index (κ1) is 20.0. The molecule has 2 fully saturated rings. The van der Waals surface area contributed by atoms with E-state index in [0.717, 1.165) is 12.2 Å². The highest BCUT2D eigenvalue weighted by atomic mass is 32.2. The van der Waals surface area contributed by atoms with Crippen LogP contribution in [0.3, 0.4) is 0 Å². The van der Waals surface area contributed by atoms with Crippen molar-refractivity contribution in [2.24, 2.45) is 0 Å². The van der Waals surface area contributed by atoms with Gasteiger partial charge in [-0.15, -0.1) is 11.8 Å². The number of carbonyl (C=O) groups excluding carboxylic acids is 2. The molecule has 2 heterocycles. The van der Waals surface area contributed by atoms with Crippen LogP contribution in [0.4, 0.5) is 4.39 Å². The number of thioether (sulfide) groups is 1. The third kappa shape index (κ3) is 3.78. The molecule has 1 spiro atoms. The van der Waals surface area contributed by atoms with E-state index in [4.69, 9.17) is 0 Å². The molecule has 0 saturated carbocycles. The molecule has 29 heavy (non-hydrogen) atoms. The van der Waals surface area contributed by atoms with E-state index in [1.807, 2.05) is 34.1 Å². The van der Waals surface area contributed by atoms with Gasteiger partial charge in [-0.3, -0.25) is 9.59 Å². The SMILES string of the molecule is CCc1ccc(C(=O)N2CCC3(CC2)SCCN3C(=O)c2ccccc2F)cc1. The molecular weight excluding hydrogens is 387 g/mol. The standard InChI is InChI=1S/C23H25FN2O2S/c1-2-17-7-9-18(10-8-17)21(27)25-13-11-23(12-14-25)26(15-16-29-23)22(28)19-5-3-4-6-20(19)24/h3-10H,2,11-16H2,1H3. The Bertz CT molecular complexity index is 907. The molecule has 0 unspecified atom stereocenters. The van der Waals surface area contributed by atoms with Crippen LogP contribution in [0.5, 0.6) is 0 Å². The van der Waals surface area contributed by atoms with Gasteiger partial charge in [0.15, 0.2) is 0 Å². The van der Waals surface area contributed by atoms with Gasteiger partial charge in [0, 0.05) is 31.0 Å². The molecule has 0 aliphatic carbocycles. The number of aryl methyl sites for hydroxylation is 1. The summed E-state index contributed by atoms with van der Waals surface area (Å²) in [5, 5.41) is 0. The molecule has 2 aliphatic rings. The van der Waals surface area contributed by atoms with Crippen LogP contribution in [0, 0.1) is 5.82 Å². The van der Waals surface area contributed by atoms with Crippen molar-refractivity contribution in [1.82, 2.24) is 9.80 Å². The van der Waals surface area contributed by atoms with Crippen LogP contribution < -0.4 is 0 Å². The Morgan fingerprint density at radius 2 is 1.69 bits per heavy atom. The van der Waals surface area contributed by atoms with Gasteiger partial charge in [-0.05, 0) is 49.1 Å². The molecular formula is C23H25FN2O2S. The third-order valence-electron chi connectivity index (χ3n) is 5.97. The number of amides is 2. The topological polar surface area (TPSA) is 40.6 Å². The monoisotopic (exact) mass is 412 g/mol. The summed E-state index contributed by atoms with van der Waals surface area (Å²) in [6.45, 7) is 3.91. The van der Waals surface area contributed by atoms with Gasteiger partial charge in [0.1, 0.15) is 5.82 Å². The molecule has 152 valence electrons. The number of hydrogen-bond donors (Lipinski definition) is 0. The summed E-state index contributed by atoms with van der Waals surface area (Å²) in [5.41, 5.74) is 2.05. The van der Waals surface area contributed by atoms with Gasteiger partial charge in [0.2, 0.25) is 0 Å². The maximum atomic E-state index is 14.2. The van der Waals surface area contributed by atoms with Gasteiger partial charge in [-0.25, -0.2) is 4.39 Å². The lowest BCUT2D eigenvalue weighted by Gasteiger charge is -2.44. The first-order valence-corrected chi connectivity index (χ1v) is 11.1. The quantitative estimate of drug-likeness (QED) is 0.758. The molecule has 2 amide bonds.